The quantitative estimate of drug-likeness (QED) is 0.822. The highest BCUT2D eigenvalue weighted by Crippen LogP contribution is 2.30. The number of rotatable bonds is 5. The maximum absolute atomic E-state index is 13.5. The highest BCUT2D eigenvalue weighted by atomic mass is 19.1. The van der Waals surface area contributed by atoms with Gasteiger partial charge in [0.05, 0.1) is 12.8 Å². The van der Waals surface area contributed by atoms with Crippen LogP contribution in [0.4, 0.5) is 10.1 Å². The largest absolute Gasteiger partial charge is 0.504 e. The van der Waals surface area contributed by atoms with Crippen molar-refractivity contribution < 1.29 is 28.6 Å². The Balaban J connectivity index is 2.06. The van der Waals surface area contributed by atoms with Gasteiger partial charge in [-0.15, -0.1) is 0 Å². The number of ether oxygens (including phenoxy) is 2. The Morgan fingerprint density at radius 1 is 1.17 bits per heavy atom. The van der Waals surface area contributed by atoms with Crippen LogP contribution in [0.1, 0.15) is 17.3 Å². The predicted molar refractivity (Wildman–Crippen MR) is 84.6 cm³/mol. The van der Waals surface area contributed by atoms with Gasteiger partial charge in [0, 0.05) is 0 Å². The molecule has 0 unspecified atom stereocenters. The van der Waals surface area contributed by atoms with E-state index in [1.54, 1.807) is 6.07 Å². The molecule has 24 heavy (non-hydrogen) atoms. The number of anilines is 1. The Labute approximate surface area is 137 Å². The number of halogens is 1. The van der Waals surface area contributed by atoms with Crippen LogP contribution in [0.15, 0.2) is 42.5 Å². The first-order chi connectivity index (χ1) is 11.4. The minimum Gasteiger partial charge on any atom is -0.504 e. The monoisotopic (exact) mass is 333 g/mol. The summed E-state index contributed by atoms with van der Waals surface area (Å²) >= 11 is 0. The smallest absolute Gasteiger partial charge is 0.342 e. The zero-order valence-corrected chi connectivity index (χ0v) is 13.1. The molecule has 0 spiro atoms. The van der Waals surface area contributed by atoms with Gasteiger partial charge in [0.1, 0.15) is 11.4 Å². The molecule has 2 rings (SSSR count). The molecule has 0 saturated carbocycles. The first kappa shape index (κ1) is 17.3. The van der Waals surface area contributed by atoms with E-state index >= 15 is 0 Å². The van der Waals surface area contributed by atoms with E-state index in [0.29, 0.717) is 0 Å². The fraction of sp³-hybridized carbons (Fsp3) is 0.176. The molecule has 126 valence electrons. The van der Waals surface area contributed by atoms with E-state index in [0.717, 1.165) is 0 Å². The number of nitrogens with one attached hydrogen (secondary N) is 1. The number of phenolic OH excluding ortho intramolecular Hbond substituents is 1. The summed E-state index contributed by atoms with van der Waals surface area (Å²) < 4.78 is 23.4. The fourth-order valence-corrected chi connectivity index (χ4v) is 1.93. The number of hydrogen-bond donors (Lipinski definition) is 2. The van der Waals surface area contributed by atoms with Crippen molar-refractivity contribution in [3.8, 4) is 11.5 Å². The molecule has 0 aliphatic carbocycles. The molecule has 2 N–H and O–H groups in total. The lowest BCUT2D eigenvalue weighted by atomic mass is 10.2. The maximum atomic E-state index is 13.5. The Morgan fingerprint density at radius 3 is 2.54 bits per heavy atom. The predicted octanol–water partition coefficient (Wildman–Crippen LogP) is 2.72. The van der Waals surface area contributed by atoms with Crippen LogP contribution >= 0.6 is 0 Å². The van der Waals surface area contributed by atoms with Crippen LogP contribution in [0.25, 0.3) is 0 Å². The zero-order valence-electron chi connectivity index (χ0n) is 13.1. The second-order valence-corrected chi connectivity index (χ2v) is 4.87. The van der Waals surface area contributed by atoms with Gasteiger partial charge in [0.25, 0.3) is 5.91 Å². The molecule has 0 aliphatic rings. The minimum atomic E-state index is -1.19. The van der Waals surface area contributed by atoms with Crippen molar-refractivity contribution in [3.05, 3.63) is 53.8 Å². The van der Waals surface area contributed by atoms with Gasteiger partial charge in [-0.3, -0.25) is 4.79 Å². The maximum Gasteiger partial charge on any atom is 0.342 e. The summed E-state index contributed by atoms with van der Waals surface area (Å²) in [7, 11) is 1.34. The van der Waals surface area contributed by atoms with Crippen molar-refractivity contribution in [2.24, 2.45) is 0 Å². The topological polar surface area (TPSA) is 84.9 Å². The van der Waals surface area contributed by atoms with E-state index in [1.165, 1.54) is 50.4 Å². The van der Waals surface area contributed by atoms with Gasteiger partial charge in [-0.05, 0) is 31.2 Å². The molecule has 1 amide bonds. The normalized spacial score (nSPS) is 11.5. The molecule has 0 fully saturated rings. The second-order valence-electron chi connectivity index (χ2n) is 4.87. The molecule has 6 nitrogen and oxygen atoms in total. The van der Waals surface area contributed by atoms with Gasteiger partial charge >= 0.3 is 5.97 Å². The summed E-state index contributed by atoms with van der Waals surface area (Å²) in [6.07, 6.45) is -1.19. The zero-order chi connectivity index (χ0) is 17.7. The van der Waals surface area contributed by atoms with E-state index in [1.807, 2.05) is 0 Å². The van der Waals surface area contributed by atoms with Crippen molar-refractivity contribution in [1.29, 1.82) is 0 Å². The lowest BCUT2D eigenvalue weighted by Gasteiger charge is -2.15. The highest BCUT2D eigenvalue weighted by molar-refractivity contribution is 5.98. The fourth-order valence-electron chi connectivity index (χ4n) is 1.93. The Bertz CT molecular complexity index is 762. The van der Waals surface area contributed by atoms with Gasteiger partial charge in [0.15, 0.2) is 17.6 Å². The molecule has 0 heterocycles. The molecule has 2 aromatic rings. The van der Waals surface area contributed by atoms with Gasteiger partial charge in [-0.1, -0.05) is 18.2 Å². The first-order valence-corrected chi connectivity index (χ1v) is 7.06. The number of aromatic hydroxyl groups is 1. The second kappa shape index (κ2) is 7.45. The lowest BCUT2D eigenvalue weighted by Crippen LogP contribution is -2.30. The van der Waals surface area contributed by atoms with E-state index < -0.39 is 23.8 Å². The van der Waals surface area contributed by atoms with Crippen molar-refractivity contribution >= 4 is 17.6 Å². The van der Waals surface area contributed by atoms with Gasteiger partial charge in [0.2, 0.25) is 0 Å². The van der Waals surface area contributed by atoms with Crippen molar-refractivity contribution in [3.63, 3.8) is 0 Å². The summed E-state index contributed by atoms with van der Waals surface area (Å²) in [5.41, 5.74) is -0.158. The third-order valence-corrected chi connectivity index (χ3v) is 3.22. The first-order valence-electron chi connectivity index (χ1n) is 7.06. The number of hydrogen-bond acceptors (Lipinski definition) is 5. The third kappa shape index (κ3) is 3.81. The number of carbonyl (C=O) groups excluding carboxylic acids is 2. The summed E-state index contributed by atoms with van der Waals surface area (Å²) in [6, 6.07) is 9.93. The molecule has 1 atom stereocenters. The van der Waals surface area contributed by atoms with E-state index in [4.69, 9.17) is 9.47 Å². The van der Waals surface area contributed by atoms with Gasteiger partial charge in [-0.25, -0.2) is 9.18 Å². The van der Waals surface area contributed by atoms with Crippen molar-refractivity contribution in [2.75, 3.05) is 12.4 Å². The number of phenols is 1. The SMILES string of the molecule is COc1cccc(C(=O)O[C@@H](C)C(=O)Nc2ccccc2F)c1O. The number of esters is 1. The molecular formula is C17H16FNO5. The van der Waals surface area contributed by atoms with E-state index in [9.17, 15) is 19.1 Å². The van der Waals surface area contributed by atoms with Crippen molar-refractivity contribution in [1.82, 2.24) is 0 Å². The number of methoxy groups -OCH3 is 1. The molecule has 0 aliphatic heterocycles. The molecule has 0 bridgehead atoms. The Kier molecular flexibility index (Phi) is 5.36. The molecule has 0 saturated heterocycles. The number of amides is 1. The van der Waals surface area contributed by atoms with Crippen molar-refractivity contribution in [2.45, 2.75) is 13.0 Å². The average Bonchev–Trinajstić information content (AvgIpc) is 2.56. The molecular weight excluding hydrogens is 317 g/mol. The van der Waals surface area contributed by atoms with Crippen LogP contribution < -0.4 is 10.1 Å². The van der Waals surface area contributed by atoms with Crippen LogP contribution in [0.2, 0.25) is 0 Å². The molecule has 2 aromatic carbocycles. The van der Waals surface area contributed by atoms with Crippen LogP contribution in [0.3, 0.4) is 0 Å². The standard InChI is InChI=1S/C17H16FNO5/c1-10(16(21)19-13-8-4-3-7-12(13)18)24-17(22)11-6-5-9-14(23-2)15(11)20/h3-10,20H,1-2H3,(H,19,21)/t10-/m0/s1. The summed E-state index contributed by atoms with van der Waals surface area (Å²) in [4.78, 5) is 24.1. The van der Waals surface area contributed by atoms with Crippen LogP contribution in [0, 0.1) is 5.82 Å². The van der Waals surface area contributed by atoms with Crippen LogP contribution in [-0.2, 0) is 9.53 Å². The average molecular weight is 333 g/mol. The lowest BCUT2D eigenvalue weighted by molar-refractivity contribution is -0.123. The van der Waals surface area contributed by atoms with E-state index in [-0.39, 0.29) is 22.7 Å². The third-order valence-electron chi connectivity index (χ3n) is 3.22. The van der Waals surface area contributed by atoms with Gasteiger partial charge < -0.3 is 19.9 Å². The van der Waals surface area contributed by atoms with Crippen LogP contribution in [-0.4, -0.2) is 30.2 Å². The number of benzene rings is 2. The van der Waals surface area contributed by atoms with Crippen LogP contribution in [0.5, 0.6) is 11.5 Å². The highest BCUT2D eigenvalue weighted by Gasteiger charge is 2.23. The summed E-state index contributed by atoms with van der Waals surface area (Å²) in [6.45, 7) is 1.34. The Morgan fingerprint density at radius 2 is 1.88 bits per heavy atom. The minimum absolute atomic E-state index is 0.0189. The van der Waals surface area contributed by atoms with E-state index in [2.05, 4.69) is 5.32 Å². The van der Waals surface area contributed by atoms with Gasteiger partial charge in [-0.2, -0.15) is 0 Å². The molecule has 0 aromatic heterocycles. The molecule has 7 heteroatoms. The number of carbonyl (C=O) groups is 2. The summed E-state index contributed by atoms with van der Waals surface area (Å²) in [5.74, 6) is -2.48. The summed E-state index contributed by atoms with van der Waals surface area (Å²) in [5, 5.41) is 12.2. The Hall–Kier alpha value is -3.09. The molecule has 0 radical (unpaired) electrons. The number of para-hydroxylation sites is 2.